The SMILES string of the molecule is CCc1ccccc1-n1cnnc1SCC(=O)N(CCN(C)C)CC(=O)OC(C)(C)C. The Bertz CT molecular complexity index is 876. The number of esters is 1. The van der Waals surface area contributed by atoms with Crippen LogP contribution in [0.2, 0.25) is 0 Å². The van der Waals surface area contributed by atoms with Crippen molar-refractivity contribution >= 4 is 23.6 Å². The molecule has 2 rings (SSSR count). The highest BCUT2D eigenvalue weighted by molar-refractivity contribution is 7.99. The van der Waals surface area contributed by atoms with E-state index in [2.05, 4.69) is 23.2 Å². The van der Waals surface area contributed by atoms with Crippen LogP contribution in [0.4, 0.5) is 0 Å². The number of likely N-dealkylation sites (N-methyl/N-ethyl adjacent to an activating group) is 1. The van der Waals surface area contributed by atoms with Crippen molar-refractivity contribution in [1.29, 1.82) is 0 Å². The quantitative estimate of drug-likeness (QED) is 0.409. The molecule has 0 saturated heterocycles. The maximum atomic E-state index is 12.9. The fourth-order valence-corrected chi connectivity index (χ4v) is 3.72. The van der Waals surface area contributed by atoms with E-state index in [-0.39, 0.29) is 18.2 Å². The number of carbonyl (C=O) groups is 2. The summed E-state index contributed by atoms with van der Waals surface area (Å²) >= 11 is 1.31. The van der Waals surface area contributed by atoms with Gasteiger partial charge in [-0.15, -0.1) is 10.2 Å². The molecule has 0 saturated carbocycles. The second-order valence-electron chi connectivity index (χ2n) is 8.46. The highest BCUT2D eigenvalue weighted by Gasteiger charge is 2.23. The molecule has 9 heteroatoms. The molecule has 1 aromatic heterocycles. The molecule has 0 unspecified atom stereocenters. The van der Waals surface area contributed by atoms with Gasteiger partial charge in [-0.3, -0.25) is 14.2 Å². The lowest BCUT2D eigenvalue weighted by atomic mass is 10.1. The lowest BCUT2D eigenvalue weighted by Crippen LogP contribution is -2.42. The maximum Gasteiger partial charge on any atom is 0.326 e. The summed E-state index contributed by atoms with van der Waals surface area (Å²) in [6, 6.07) is 8.05. The van der Waals surface area contributed by atoms with Crippen molar-refractivity contribution in [3.05, 3.63) is 36.2 Å². The molecular weight excluding hydrogens is 414 g/mol. The van der Waals surface area contributed by atoms with Crippen LogP contribution in [0.5, 0.6) is 0 Å². The van der Waals surface area contributed by atoms with Crippen molar-refractivity contribution in [2.45, 2.75) is 44.9 Å². The van der Waals surface area contributed by atoms with E-state index in [0.717, 1.165) is 12.1 Å². The lowest BCUT2D eigenvalue weighted by molar-refractivity contribution is -0.158. The molecule has 170 valence electrons. The van der Waals surface area contributed by atoms with E-state index in [0.29, 0.717) is 18.2 Å². The van der Waals surface area contributed by atoms with E-state index in [1.54, 1.807) is 11.2 Å². The van der Waals surface area contributed by atoms with E-state index in [9.17, 15) is 9.59 Å². The standard InChI is InChI=1S/C22H33N5O3S/c1-7-17-10-8-9-11-18(17)27-16-23-24-21(27)31-15-19(28)26(13-12-25(5)6)14-20(29)30-22(2,3)4/h8-11,16H,7,12-15H2,1-6H3. The number of rotatable bonds is 10. The summed E-state index contributed by atoms with van der Waals surface area (Å²) in [7, 11) is 3.86. The van der Waals surface area contributed by atoms with Crippen LogP contribution in [0.25, 0.3) is 5.69 Å². The average Bonchev–Trinajstić information content (AvgIpc) is 3.16. The molecule has 0 aliphatic heterocycles. The second-order valence-corrected chi connectivity index (χ2v) is 9.40. The Kier molecular flexibility index (Phi) is 9.06. The summed E-state index contributed by atoms with van der Waals surface area (Å²) in [5.41, 5.74) is 1.58. The zero-order valence-corrected chi connectivity index (χ0v) is 20.1. The number of aryl methyl sites for hydroxylation is 1. The summed E-state index contributed by atoms with van der Waals surface area (Å²) in [4.78, 5) is 28.8. The molecule has 0 fully saturated rings. The Morgan fingerprint density at radius 2 is 1.87 bits per heavy atom. The first-order valence-electron chi connectivity index (χ1n) is 10.4. The normalized spacial score (nSPS) is 11.6. The minimum atomic E-state index is -0.592. The first-order valence-corrected chi connectivity index (χ1v) is 11.3. The van der Waals surface area contributed by atoms with Gasteiger partial charge in [0.2, 0.25) is 5.91 Å². The third kappa shape index (κ3) is 7.99. The predicted octanol–water partition coefficient (Wildman–Crippen LogP) is 2.65. The van der Waals surface area contributed by atoms with Gasteiger partial charge >= 0.3 is 5.97 Å². The van der Waals surface area contributed by atoms with Gasteiger partial charge in [0.1, 0.15) is 18.5 Å². The Balaban J connectivity index is 2.09. The summed E-state index contributed by atoms with van der Waals surface area (Å²) in [6.45, 7) is 8.56. The van der Waals surface area contributed by atoms with Gasteiger partial charge in [-0.1, -0.05) is 36.9 Å². The average molecular weight is 448 g/mol. The smallest absolute Gasteiger partial charge is 0.326 e. The second kappa shape index (κ2) is 11.3. The lowest BCUT2D eigenvalue weighted by Gasteiger charge is -2.26. The zero-order valence-electron chi connectivity index (χ0n) is 19.3. The molecule has 1 aromatic carbocycles. The fourth-order valence-electron chi connectivity index (χ4n) is 2.89. The van der Waals surface area contributed by atoms with Crippen LogP contribution in [-0.2, 0) is 20.7 Å². The molecular formula is C22H33N5O3S. The Morgan fingerprint density at radius 3 is 2.52 bits per heavy atom. The first kappa shape index (κ1) is 24.9. The van der Waals surface area contributed by atoms with E-state index in [1.165, 1.54) is 17.3 Å². The number of thioether (sulfide) groups is 1. The van der Waals surface area contributed by atoms with Crippen LogP contribution < -0.4 is 0 Å². The molecule has 0 radical (unpaired) electrons. The summed E-state index contributed by atoms with van der Waals surface area (Å²) in [6.07, 6.45) is 2.54. The third-order valence-electron chi connectivity index (χ3n) is 4.38. The van der Waals surface area contributed by atoms with Gasteiger partial charge in [-0.25, -0.2) is 0 Å². The molecule has 0 atom stereocenters. The third-order valence-corrected chi connectivity index (χ3v) is 5.31. The number of hydrogen-bond donors (Lipinski definition) is 0. The summed E-state index contributed by atoms with van der Waals surface area (Å²) < 4.78 is 7.30. The summed E-state index contributed by atoms with van der Waals surface area (Å²) in [5.74, 6) is -0.399. The van der Waals surface area contributed by atoms with Crippen molar-refractivity contribution in [2.24, 2.45) is 0 Å². The molecule has 1 heterocycles. The van der Waals surface area contributed by atoms with E-state index >= 15 is 0 Å². The molecule has 0 aliphatic carbocycles. The first-order chi connectivity index (χ1) is 14.6. The van der Waals surface area contributed by atoms with Crippen LogP contribution in [0, 0.1) is 0 Å². The molecule has 0 aliphatic rings. The van der Waals surface area contributed by atoms with Gasteiger partial charge in [0.15, 0.2) is 5.16 Å². The van der Waals surface area contributed by atoms with E-state index in [4.69, 9.17) is 4.74 Å². The van der Waals surface area contributed by atoms with Gasteiger partial charge in [-0.2, -0.15) is 0 Å². The van der Waals surface area contributed by atoms with Crippen molar-refractivity contribution in [3.63, 3.8) is 0 Å². The molecule has 8 nitrogen and oxygen atoms in total. The van der Waals surface area contributed by atoms with E-state index < -0.39 is 11.6 Å². The van der Waals surface area contributed by atoms with Gasteiger partial charge in [0.05, 0.1) is 11.4 Å². The predicted molar refractivity (Wildman–Crippen MR) is 122 cm³/mol. The number of aromatic nitrogens is 3. The number of hydrogen-bond acceptors (Lipinski definition) is 7. The van der Waals surface area contributed by atoms with Crippen molar-refractivity contribution in [1.82, 2.24) is 24.6 Å². The van der Waals surface area contributed by atoms with Crippen LogP contribution in [0.15, 0.2) is 35.7 Å². The molecule has 31 heavy (non-hydrogen) atoms. The van der Waals surface area contributed by atoms with Crippen molar-refractivity contribution in [2.75, 3.05) is 39.5 Å². The fraction of sp³-hybridized carbons (Fsp3) is 0.545. The monoisotopic (exact) mass is 447 g/mol. The molecule has 0 bridgehead atoms. The minimum absolute atomic E-state index is 0.0735. The Labute approximate surface area is 189 Å². The largest absolute Gasteiger partial charge is 0.459 e. The number of benzene rings is 1. The number of nitrogens with zero attached hydrogens (tertiary/aromatic N) is 5. The Morgan fingerprint density at radius 1 is 1.16 bits per heavy atom. The number of amides is 1. The van der Waals surface area contributed by atoms with Gasteiger partial charge < -0.3 is 14.5 Å². The van der Waals surface area contributed by atoms with Crippen LogP contribution in [0.3, 0.4) is 0 Å². The molecule has 2 aromatic rings. The Hall–Kier alpha value is -2.39. The minimum Gasteiger partial charge on any atom is -0.459 e. The van der Waals surface area contributed by atoms with E-state index in [1.807, 2.05) is 62.5 Å². The topological polar surface area (TPSA) is 80.6 Å². The van der Waals surface area contributed by atoms with Crippen molar-refractivity contribution in [3.8, 4) is 5.69 Å². The van der Waals surface area contributed by atoms with Crippen LogP contribution >= 0.6 is 11.8 Å². The molecule has 0 spiro atoms. The highest BCUT2D eigenvalue weighted by atomic mass is 32.2. The number of ether oxygens (including phenoxy) is 1. The zero-order chi connectivity index (χ0) is 23.0. The van der Waals surface area contributed by atoms with Crippen molar-refractivity contribution < 1.29 is 14.3 Å². The highest BCUT2D eigenvalue weighted by Crippen LogP contribution is 2.23. The van der Waals surface area contributed by atoms with Gasteiger partial charge in [-0.05, 0) is 52.9 Å². The molecule has 0 N–H and O–H groups in total. The maximum absolute atomic E-state index is 12.9. The molecule has 1 amide bonds. The number of para-hydroxylation sites is 1. The van der Waals surface area contributed by atoms with Crippen LogP contribution in [-0.4, -0.2) is 81.5 Å². The van der Waals surface area contributed by atoms with Gasteiger partial charge in [0.25, 0.3) is 0 Å². The number of carbonyl (C=O) groups excluding carboxylic acids is 2. The van der Waals surface area contributed by atoms with Crippen LogP contribution in [0.1, 0.15) is 33.3 Å². The summed E-state index contributed by atoms with van der Waals surface area (Å²) in [5, 5.41) is 8.86. The van der Waals surface area contributed by atoms with Gasteiger partial charge in [0, 0.05) is 13.1 Å².